The van der Waals surface area contributed by atoms with Crippen molar-refractivity contribution in [2.45, 2.75) is 4.90 Å². The molecule has 0 aliphatic carbocycles. The highest BCUT2D eigenvalue weighted by Gasteiger charge is 2.21. The van der Waals surface area contributed by atoms with Crippen LogP contribution < -0.4 is 9.64 Å². The Hall–Kier alpha value is -1.66. The lowest BCUT2D eigenvalue weighted by molar-refractivity contribution is -0.128. The normalized spacial score (nSPS) is 14.5. The number of hydrogen-bond donors (Lipinski definition) is 0. The summed E-state index contributed by atoms with van der Waals surface area (Å²) in [6.07, 6.45) is 0. The van der Waals surface area contributed by atoms with Gasteiger partial charge in [-0.3, -0.25) is 4.79 Å². The van der Waals surface area contributed by atoms with Gasteiger partial charge in [-0.2, -0.15) is 0 Å². The van der Waals surface area contributed by atoms with Gasteiger partial charge in [0.25, 0.3) is 0 Å². The molecule has 0 spiro atoms. The van der Waals surface area contributed by atoms with Crippen LogP contribution >= 0.6 is 27.7 Å². The van der Waals surface area contributed by atoms with Crippen molar-refractivity contribution >= 4 is 39.3 Å². The smallest absolute Gasteiger partial charge is 0.233 e. The van der Waals surface area contributed by atoms with Crippen LogP contribution in [0.3, 0.4) is 0 Å². The standard InChI is InChI=1S/C19H21BrN2O2S/c1-24-16-8-6-15(7-9-16)21-10-12-22(13-11-21)19(23)14-25-18-5-3-2-4-17(18)20/h2-9H,10-14H2,1H3. The van der Waals surface area contributed by atoms with Gasteiger partial charge in [-0.1, -0.05) is 12.1 Å². The van der Waals surface area contributed by atoms with Crippen molar-refractivity contribution in [1.29, 1.82) is 0 Å². The molecule has 0 atom stereocenters. The van der Waals surface area contributed by atoms with E-state index in [2.05, 4.69) is 33.0 Å². The van der Waals surface area contributed by atoms with Gasteiger partial charge >= 0.3 is 0 Å². The van der Waals surface area contributed by atoms with Gasteiger partial charge in [0.1, 0.15) is 5.75 Å². The van der Waals surface area contributed by atoms with E-state index in [1.54, 1.807) is 18.9 Å². The molecule has 1 aliphatic heterocycles. The van der Waals surface area contributed by atoms with Gasteiger partial charge < -0.3 is 14.5 Å². The summed E-state index contributed by atoms with van der Waals surface area (Å²) < 4.78 is 6.24. The Kier molecular flexibility index (Phi) is 6.26. The Morgan fingerprint density at radius 1 is 1.08 bits per heavy atom. The molecule has 4 nitrogen and oxygen atoms in total. The molecule has 25 heavy (non-hydrogen) atoms. The summed E-state index contributed by atoms with van der Waals surface area (Å²) in [6, 6.07) is 16.1. The maximum absolute atomic E-state index is 12.5. The minimum atomic E-state index is 0.204. The van der Waals surface area contributed by atoms with Crippen molar-refractivity contribution in [2.75, 3.05) is 43.9 Å². The van der Waals surface area contributed by atoms with E-state index < -0.39 is 0 Å². The second-order valence-corrected chi connectivity index (χ2v) is 7.66. The van der Waals surface area contributed by atoms with E-state index in [9.17, 15) is 4.79 Å². The number of piperazine rings is 1. The van der Waals surface area contributed by atoms with Gasteiger partial charge in [0.15, 0.2) is 0 Å². The summed E-state index contributed by atoms with van der Waals surface area (Å²) in [7, 11) is 1.67. The van der Waals surface area contributed by atoms with Gasteiger partial charge in [-0.15, -0.1) is 11.8 Å². The first kappa shape index (κ1) is 18.1. The molecule has 0 bridgehead atoms. The van der Waals surface area contributed by atoms with E-state index in [4.69, 9.17) is 4.74 Å². The fraction of sp³-hybridized carbons (Fsp3) is 0.316. The SMILES string of the molecule is COc1ccc(N2CCN(C(=O)CSc3ccccc3Br)CC2)cc1. The predicted octanol–water partition coefficient (Wildman–Crippen LogP) is 3.90. The molecule has 1 heterocycles. The van der Waals surface area contributed by atoms with Gasteiger partial charge in [0, 0.05) is 41.2 Å². The number of rotatable bonds is 5. The third-order valence-electron chi connectivity index (χ3n) is 4.26. The minimum Gasteiger partial charge on any atom is -0.497 e. The van der Waals surface area contributed by atoms with E-state index in [0.717, 1.165) is 41.3 Å². The molecule has 0 aromatic heterocycles. The van der Waals surface area contributed by atoms with Crippen molar-refractivity contribution in [3.8, 4) is 5.75 Å². The lowest BCUT2D eigenvalue weighted by Gasteiger charge is -2.36. The number of anilines is 1. The Morgan fingerprint density at radius 3 is 2.40 bits per heavy atom. The molecular formula is C19H21BrN2O2S. The molecule has 0 N–H and O–H groups in total. The average Bonchev–Trinajstić information content (AvgIpc) is 2.67. The molecule has 1 aliphatic rings. The molecule has 3 rings (SSSR count). The number of hydrogen-bond acceptors (Lipinski definition) is 4. The quantitative estimate of drug-likeness (QED) is 0.686. The Morgan fingerprint density at radius 2 is 1.76 bits per heavy atom. The number of thioether (sulfide) groups is 1. The minimum absolute atomic E-state index is 0.204. The summed E-state index contributed by atoms with van der Waals surface area (Å²) in [5, 5.41) is 0. The number of benzene rings is 2. The average molecular weight is 421 g/mol. The van der Waals surface area contributed by atoms with Crippen LogP contribution in [0.5, 0.6) is 5.75 Å². The zero-order valence-electron chi connectivity index (χ0n) is 14.2. The third-order valence-corrected chi connectivity index (χ3v) is 6.27. The van der Waals surface area contributed by atoms with Crippen molar-refractivity contribution < 1.29 is 9.53 Å². The summed E-state index contributed by atoms with van der Waals surface area (Å²) in [5.74, 6) is 1.54. The van der Waals surface area contributed by atoms with Gasteiger partial charge in [0.2, 0.25) is 5.91 Å². The van der Waals surface area contributed by atoms with Gasteiger partial charge in [0.05, 0.1) is 12.9 Å². The summed E-state index contributed by atoms with van der Waals surface area (Å²) in [5.41, 5.74) is 1.18. The zero-order valence-corrected chi connectivity index (χ0v) is 16.6. The van der Waals surface area contributed by atoms with Crippen LogP contribution in [0.1, 0.15) is 0 Å². The number of ether oxygens (including phenoxy) is 1. The molecule has 1 amide bonds. The van der Waals surface area contributed by atoms with Crippen LogP contribution in [0.4, 0.5) is 5.69 Å². The van der Waals surface area contributed by atoms with Crippen LogP contribution in [0.25, 0.3) is 0 Å². The highest BCUT2D eigenvalue weighted by Crippen LogP contribution is 2.27. The molecule has 0 unspecified atom stereocenters. The Bertz CT molecular complexity index is 716. The summed E-state index contributed by atoms with van der Waals surface area (Å²) in [6.45, 7) is 3.25. The van der Waals surface area contributed by atoms with E-state index in [0.29, 0.717) is 5.75 Å². The number of methoxy groups -OCH3 is 1. The van der Waals surface area contributed by atoms with Crippen molar-refractivity contribution in [3.05, 3.63) is 53.0 Å². The predicted molar refractivity (Wildman–Crippen MR) is 107 cm³/mol. The van der Waals surface area contributed by atoms with E-state index >= 15 is 0 Å². The van der Waals surface area contributed by atoms with Crippen LogP contribution in [0, 0.1) is 0 Å². The maximum atomic E-state index is 12.5. The fourth-order valence-electron chi connectivity index (χ4n) is 2.80. The summed E-state index contributed by atoms with van der Waals surface area (Å²) in [4.78, 5) is 17.8. The molecule has 6 heteroatoms. The van der Waals surface area contributed by atoms with Crippen molar-refractivity contribution in [2.24, 2.45) is 0 Å². The second-order valence-electron chi connectivity index (χ2n) is 5.78. The lowest BCUT2D eigenvalue weighted by Crippen LogP contribution is -2.49. The first-order valence-electron chi connectivity index (χ1n) is 8.21. The van der Waals surface area contributed by atoms with Crippen molar-refractivity contribution in [1.82, 2.24) is 4.90 Å². The number of halogens is 1. The number of amides is 1. The fourth-order valence-corrected chi connectivity index (χ4v) is 4.27. The van der Waals surface area contributed by atoms with E-state index in [1.807, 2.05) is 41.3 Å². The number of carbonyl (C=O) groups is 1. The molecule has 132 valence electrons. The zero-order chi connectivity index (χ0) is 17.6. The number of nitrogens with zero attached hydrogens (tertiary/aromatic N) is 2. The largest absolute Gasteiger partial charge is 0.497 e. The maximum Gasteiger partial charge on any atom is 0.233 e. The third kappa shape index (κ3) is 4.70. The lowest BCUT2D eigenvalue weighted by atomic mass is 10.2. The molecule has 0 radical (unpaired) electrons. The Labute approximate surface area is 161 Å². The highest BCUT2D eigenvalue weighted by atomic mass is 79.9. The van der Waals surface area contributed by atoms with Crippen LogP contribution in [0.15, 0.2) is 57.9 Å². The first-order chi connectivity index (χ1) is 12.2. The topological polar surface area (TPSA) is 32.8 Å². The Balaban J connectivity index is 1.49. The number of carbonyl (C=O) groups excluding carboxylic acids is 1. The molecule has 1 saturated heterocycles. The van der Waals surface area contributed by atoms with E-state index in [1.165, 1.54) is 5.69 Å². The molecule has 0 saturated carbocycles. The van der Waals surface area contributed by atoms with Crippen LogP contribution in [-0.4, -0.2) is 49.8 Å². The highest BCUT2D eigenvalue weighted by molar-refractivity contribution is 9.10. The monoisotopic (exact) mass is 420 g/mol. The molecule has 1 fully saturated rings. The van der Waals surface area contributed by atoms with E-state index in [-0.39, 0.29) is 5.91 Å². The molecule has 2 aromatic carbocycles. The van der Waals surface area contributed by atoms with Crippen LogP contribution in [0.2, 0.25) is 0 Å². The molecular weight excluding hydrogens is 400 g/mol. The van der Waals surface area contributed by atoms with Crippen molar-refractivity contribution in [3.63, 3.8) is 0 Å². The summed E-state index contributed by atoms with van der Waals surface area (Å²) >= 11 is 5.11. The van der Waals surface area contributed by atoms with Crippen LogP contribution in [-0.2, 0) is 4.79 Å². The molecule has 2 aromatic rings. The second kappa shape index (κ2) is 8.63. The first-order valence-corrected chi connectivity index (χ1v) is 9.99. The van der Waals surface area contributed by atoms with Gasteiger partial charge in [-0.25, -0.2) is 0 Å². The van der Waals surface area contributed by atoms with Gasteiger partial charge in [-0.05, 0) is 52.3 Å².